The predicted molar refractivity (Wildman–Crippen MR) is 108 cm³/mol. The molecule has 0 radical (unpaired) electrons. The molecule has 0 spiro atoms. The van der Waals surface area contributed by atoms with Gasteiger partial charge in [-0.3, -0.25) is 0 Å². The second-order valence-electron chi connectivity index (χ2n) is 6.74. The van der Waals surface area contributed by atoms with Crippen molar-refractivity contribution in [3.63, 3.8) is 0 Å². The number of nitrogens with zero attached hydrogens (tertiary/aromatic N) is 5. The lowest BCUT2D eigenvalue weighted by Crippen LogP contribution is -2.44. The second-order valence-corrected chi connectivity index (χ2v) is 6.74. The van der Waals surface area contributed by atoms with Crippen LogP contribution in [-0.4, -0.2) is 42.2 Å². The van der Waals surface area contributed by atoms with Gasteiger partial charge in [-0.15, -0.1) is 5.12 Å². The average molecular weight is 379 g/mol. The number of nitrogens with one attached hydrogen (secondary N) is 1. The predicted octanol–water partition coefficient (Wildman–Crippen LogP) is 3.90. The molecular formula is C19H34N6O2. The summed E-state index contributed by atoms with van der Waals surface area (Å²) in [6.07, 6.45) is 16.2. The van der Waals surface area contributed by atoms with E-state index in [1.54, 1.807) is 20.6 Å². The standard InChI is InChI=1S/C19H34N6O2/c1-4-5-6-7-8-9-10-11-12-13-14-25-23-22-16-24(25)17-18(26-2)20-15-21-19(17)27-3/h15-16,23H,4-14H2,1-3H3. The summed E-state index contributed by atoms with van der Waals surface area (Å²) in [4.78, 5) is 8.34. The van der Waals surface area contributed by atoms with Gasteiger partial charge in [0, 0.05) is 6.54 Å². The van der Waals surface area contributed by atoms with Crippen LogP contribution in [0.3, 0.4) is 0 Å². The van der Waals surface area contributed by atoms with Gasteiger partial charge in [0.2, 0.25) is 11.8 Å². The molecule has 0 atom stereocenters. The summed E-state index contributed by atoms with van der Waals surface area (Å²) < 4.78 is 10.7. The van der Waals surface area contributed by atoms with Crippen molar-refractivity contribution >= 4 is 12.0 Å². The first kappa shape index (κ1) is 21.2. The highest BCUT2D eigenvalue weighted by atomic mass is 16.5. The molecule has 1 aromatic rings. The van der Waals surface area contributed by atoms with Crippen molar-refractivity contribution in [2.24, 2.45) is 5.10 Å². The van der Waals surface area contributed by atoms with Crippen molar-refractivity contribution in [3.05, 3.63) is 6.33 Å². The van der Waals surface area contributed by atoms with Crippen molar-refractivity contribution < 1.29 is 9.47 Å². The number of rotatable bonds is 14. The minimum atomic E-state index is 0.449. The van der Waals surface area contributed by atoms with Crippen molar-refractivity contribution in [2.45, 2.75) is 71.1 Å². The number of ether oxygens (including phenoxy) is 2. The van der Waals surface area contributed by atoms with Crippen LogP contribution in [0.15, 0.2) is 11.4 Å². The summed E-state index contributed by atoms with van der Waals surface area (Å²) in [7, 11) is 3.16. The number of unbranched alkanes of at least 4 members (excludes halogenated alkanes) is 9. The highest BCUT2D eigenvalue weighted by Crippen LogP contribution is 2.34. The molecule has 0 amide bonds. The highest BCUT2D eigenvalue weighted by molar-refractivity contribution is 5.83. The van der Waals surface area contributed by atoms with Crippen molar-refractivity contribution in [1.29, 1.82) is 0 Å². The van der Waals surface area contributed by atoms with Crippen LogP contribution in [0.4, 0.5) is 5.69 Å². The third-order valence-corrected chi connectivity index (χ3v) is 4.69. The van der Waals surface area contributed by atoms with E-state index in [4.69, 9.17) is 9.47 Å². The Morgan fingerprint density at radius 1 is 0.852 bits per heavy atom. The van der Waals surface area contributed by atoms with Crippen LogP contribution in [0.25, 0.3) is 0 Å². The maximum absolute atomic E-state index is 5.36. The van der Waals surface area contributed by atoms with E-state index < -0.39 is 0 Å². The van der Waals surface area contributed by atoms with Crippen LogP contribution in [0, 0.1) is 0 Å². The third kappa shape index (κ3) is 6.53. The monoisotopic (exact) mass is 378 g/mol. The first-order valence-electron chi connectivity index (χ1n) is 10.1. The molecule has 8 heteroatoms. The van der Waals surface area contributed by atoms with Crippen LogP contribution in [-0.2, 0) is 0 Å². The Morgan fingerprint density at radius 2 is 1.41 bits per heavy atom. The van der Waals surface area contributed by atoms with Crippen molar-refractivity contribution in [2.75, 3.05) is 25.8 Å². The van der Waals surface area contributed by atoms with Gasteiger partial charge in [-0.2, -0.15) is 15.1 Å². The van der Waals surface area contributed by atoms with Crippen LogP contribution in [0.1, 0.15) is 71.1 Å². The zero-order valence-electron chi connectivity index (χ0n) is 17.0. The van der Waals surface area contributed by atoms with E-state index >= 15 is 0 Å². The minimum Gasteiger partial charge on any atom is -0.479 e. The van der Waals surface area contributed by atoms with E-state index in [0.717, 1.165) is 13.0 Å². The molecule has 0 bridgehead atoms. The Morgan fingerprint density at radius 3 is 1.96 bits per heavy atom. The third-order valence-electron chi connectivity index (χ3n) is 4.69. The molecule has 0 aromatic carbocycles. The number of hydrogen-bond acceptors (Lipinski definition) is 8. The lowest BCUT2D eigenvalue weighted by molar-refractivity contribution is 0.213. The SMILES string of the molecule is CCCCCCCCCCCCN1NN=CN1c1c(OC)ncnc1OC. The van der Waals surface area contributed by atoms with Gasteiger partial charge in [-0.1, -0.05) is 64.7 Å². The Hall–Kier alpha value is -2.09. The number of hydrazine groups is 2. The van der Waals surface area contributed by atoms with Crippen LogP contribution >= 0.6 is 0 Å². The fraction of sp³-hybridized carbons (Fsp3) is 0.737. The number of aromatic nitrogens is 2. The fourth-order valence-electron chi connectivity index (χ4n) is 3.19. The van der Waals surface area contributed by atoms with E-state index in [9.17, 15) is 0 Å². The van der Waals surface area contributed by atoms with Gasteiger partial charge in [0.05, 0.1) is 14.2 Å². The molecule has 0 fully saturated rings. The van der Waals surface area contributed by atoms with Crippen molar-refractivity contribution in [3.8, 4) is 11.8 Å². The van der Waals surface area contributed by atoms with Gasteiger partial charge < -0.3 is 9.47 Å². The molecule has 1 aromatic heterocycles. The van der Waals surface area contributed by atoms with Gasteiger partial charge in [0.25, 0.3) is 0 Å². The molecule has 0 unspecified atom stereocenters. The molecule has 1 aliphatic heterocycles. The number of methoxy groups -OCH3 is 2. The number of anilines is 1. The minimum absolute atomic E-state index is 0.449. The lowest BCUT2D eigenvalue weighted by atomic mass is 10.1. The van der Waals surface area contributed by atoms with Gasteiger partial charge in [-0.25, -0.2) is 10.5 Å². The molecule has 0 saturated carbocycles. The first-order chi connectivity index (χ1) is 13.3. The molecule has 8 nitrogen and oxygen atoms in total. The van der Waals surface area contributed by atoms with Crippen molar-refractivity contribution in [1.82, 2.24) is 20.6 Å². The second kappa shape index (κ2) is 12.3. The molecule has 2 heterocycles. The van der Waals surface area contributed by atoms with E-state index in [1.807, 2.05) is 10.1 Å². The zero-order chi connectivity index (χ0) is 19.3. The topological polar surface area (TPSA) is 75.1 Å². The quantitative estimate of drug-likeness (QED) is 0.492. The van der Waals surface area contributed by atoms with E-state index in [-0.39, 0.29) is 0 Å². The first-order valence-corrected chi connectivity index (χ1v) is 10.1. The smallest absolute Gasteiger partial charge is 0.246 e. The van der Waals surface area contributed by atoms with Gasteiger partial charge in [0.15, 0.2) is 5.69 Å². The molecule has 0 saturated heterocycles. The lowest BCUT2D eigenvalue weighted by Gasteiger charge is -2.27. The summed E-state index contributed by atoms with van der Waals surface area (Å²) in [6, 6.07) is 0. The summed E-state index contributed by atoms with van der Waals surface area (Å²) in [5, 5.41) is 7.91. The molecule has 0 aliphatic carbocycles. The highest BCUT2D eigenvalue weighted by Gasteiger charge is 2.27. The molecule has 2 rings (SSSR count). The van der Waals surface area contributed by atoms with Gasteiger partial charge >= 0.3 is 0 Å². The van der Waals surface area contributed by atoms with Crippen LogP contribution in [0.2, 0.25) is 0 Å². The number of hydrogen-bond donors (Lipinski definition) is 1. The van der Waals surface area contributed by atoms with Crippen LogP contribution in [0.5, 0.6) is 11.8 Å². The molecule has 152 valence electrons. The summed E-state index contributed by atoms with van der Waals surface area (Å²) in [5.74, 6) is 0.898. The maximum Gasteiger partial charge on any atom is 0.246 e. The summed E-state index contributed by atoms with van der Waals surface area (Å²) >= 11 is 0. The normalized spacial score (nSPS) is 13.8. The Balaban J connectivity index is 1.72. The molecule has 1 aliphatic rings. The zero-order valence-corrected chi connectivity index (χ0v) is 17.0. The van der Waals surface area contributed by atoms with E-state index in [1.165, 1.54) is 64.1 Å². The van der Waals surface area contributed by atoms with E-state index in [0.29, 0.717) is 17.4 Å². The molecular weight excluding hydrogens is 344 g/mol. The Kier molecular flexibility index (Phi) is 9.68. The van der Waals surface area contributed by atoms with E-state index in [2.05, 4.69) is 27.5 Å². The summed E-state index contributed by atoms with van der Waals surface area (Å²) in [5.41, 5.74) is 3.64. The average Bonchev–Trinajstić information content (AvgIpc) is 3.16. The Labute approximate surface area is 162 Å². The molecule has 1 N–H and O–H groups in total. The fourth-order valence-corrected chi connectivity index (χ4v) is 3.19. The Bertz CT molecular complexity index is 547. The number of hydrazone groups is 1. The maximum atomic E-state index is 5.36. The van der Waals surface area contributed by atoms with Crippen LogP contribution < -0.4 is 20.0 Å². The van der Waals surface area contributed by atoms with Gasteiger partial charge in [-0.05, 0) is 6.42 Å². The van der Waals surface area contributed by atoms with Gasteiger partial charge in [0.1, 0.15) is 12.7 Å². The molecule has 27 heavy (non-hydrogen) atoms. The largest absolute Gasteiger partial charge is 0.479 e. The summed E-state index contributed by atoms with van der Waals surface area (Å²) in [6.45, 7) is 3.09.